The van der Waals surface area contributed by atoms with Crippen LogP contribution in [0.15, 0.2) is 23.2 Å². The summed E-state index contributed by atoms with van der Waals surface area (Å²) in [4.78, 5) is 4.48. The highest BCUT2D eigenvalue weighted by Gasteiger charge is 2.60. The van der Waals surface area contributed by atoms with Crippen LogP contribution in [0.25, 0.3) is 0 Å². The zero-order valence-electron chi connectivity index (χ0n) is 18.2. The molecule has 1 aromatic rings. The average Bonchev–Trinajstić information content (AvgIpc) is 3.31. The van der Waals surface area contributed by atoms with Crippen LogP contribution in [-0.4, -0.2) is 17.4 Å². The third kappa shape index (κ3) is 2.60. The first-order valence-corrected chi connectivity index (χ1v) is 12.3. The van der Waals surface area contributed by atoms with E-state index in [1.807, 2.05) is 6.21 Å². The predicted molar refractivity (Wildman–Crippen MR) is 118 cm³/mol. The van der Waals surface area contributed by atoms with Crippen LogP contribution >= 0.6 is 0 Å². The molecule has 6 rings (SSSR count). The lowest BCUT2D eigenvalue weighted by molar-refractivity contribution is -0.122. The first kappa shape index (κ1) is 18.6. The van der Waals surface area contributed by atoms with Crippen molar-refractivity contribution in [1.82, 2.24) is 0 Å². The van der Waals surface area contributed by atoms with E-state index in [4.69, 9.17) is 0 Å². The van der Waals surface area contributed by atoms with Gasteiger partial charge in [0.15, 0.2) is 0 Å². The fourth-order valence-corrected chi connectivity index (χ4v) is 9.13. The van der Waals surface area contributed by atoms with Crippen LogP contribution < -0.4 is 0 Å². The van der Waals surface area contributed by atoms with Crippen LogP contribution in [0.3, 0.4) is 0 Å². The Morgan fingerprint density at radius 2 is 1.76 bits per heavy atom. The van der Waals surface area contributed by atoms with E-state index in [2.05, 4.69) is 37.0 Å². The summed E-state index contributed by atoms with van der Waals surface area (Å²) in [5.74, 6) is 4.23. The zero-order chi connectivity index (χ0) is 19.8. The standard InChI is InChI=1S/C27H37NO/c1-26-11-9-21(29)14-20(26)5-6-22-24-8-7-23(27(24,2)12-10-25(22)26)17-3-4-18-15-28-16-19(18)13-17/h3-4,13,15,20-25,29H,5-12,14,16H2,1-2H3/t20-,21+,22-,23+,24-,25-,26-,27+/m0/s1. The first-order valence-electron chi connectivity index (χ1n) is 12.3. The molecule has 1 N–H and O–H groups in total. The average molecular weight is 392 g/mol. The molecule has 2 heteroatoms. The van der Waals surface area contributed by atoms with Gasteiger partial charge in [-0.2, -0.15) is 0 Å². The lowest BCUT2D eigenvalue weighted by atomic mass is 9.44. The minimum Gasteiger partial charge on any atom is -0.393 e. The predicted octanol–water partition coefficient (Wildman–Crippen LogP) is 6.11. The number of hydrogen-bond donors (Lipinski definition) is 1. The number of benzene rings is 1. The number of nitrogens with zero attached hydrogens (tertiary/aromatic N) is 1. The van der Waals surface area contributed by atoms with Crippen molar-refractivity contribution in [3.8, 4) is 0 Å². The molecule has 1 aromatic carbocycles. The molecule has 0 unspecified atom stereocenters. The van der Waals surface area contributed by atoms with Gasteiger partial charge in [-0.15, -0.1) is 0 Å². The summed E-state index contributed by atoms with van der Waals surface area (Å²) in [5.41, 5.74) is 5.34. The Bertz CT molecular complexity index is 845. The van der Waals surface area contributed by atoms with E-state index < -0.39 is 0 Å². The summed E-state index contributed by atoms with van der Waals surface area (Å²) < 4.78 is 0. The van der Waals surface area contributed by atoms with Gasteiger partial charge in [-0.25, -0.2) is 0 Å². The first-order chi connectivity index (χ1) is 14.0. The van der Waals surface area contributed by atoms with E-state index >= 15 is 0 Å². The van der Waals surface area contributed by atoms with Crippen LogP contribution in [0.5, 0.6) is 0 Å². The second-order valence-electron chi connectivity index (χ2n) is 11.7. The summed E-state index contributed by atoms with van der Waals surface area (Å²) in [5, 5.41) is 10.3. The third-order valence-electron chi connectivity index (χ3n) is 10.7. The van der Waals surface area contributed by atoms with Gasteiger partial charge in [-0.05, 0) is 115 Å². The van der Waals surface area contributed by atoms with Crippen molar-refractivity contribution in [1.29, 1.82) is 0 Å². The van der Waals surface area contributed by atoms with E-state index in [0.29, 0.717) is 10.8 Å². The van der Waals surface area contributed by atoms with E-state index in [0.717, 1.165) is 49.0 Å². The molecule has 2 nitrogen and oxygen atoms in total. The molecular formula is C27H37NO. The van der Waals surface area contributed by atoms with Gasteiger partial charge in [0.25, 0.3) is 0 Å². The van der Waals surface area contributed by atoms with Crippen LogP contribution in [0.2, 0.25) is 0 Å². The highest BCUT2D eigenvalue weighted by Crippen LogP contribution is 2.69. The Kier molecular flexibility index (Phi) is 4.12. The van der Waals surface area contributed by atoms with Gasteiger partial charge >= 0.3 is 0 Å². The second-order valence-corrected chi connectivity index (χ2v) is 11.7. The quantitative estimate of drug-likeness (QED) is 0.616. The van der Waals surface area contributed by atoms with E-state index in [1.54, 1.807) is 5.56 Å². The lowest BCUT2D eigenvalue weighted by Crippen LogP contribution is -2.53. The summed E-state index contributed by atoms with van der Waals surface area (Å²) in [6.45, 7) is 6.14. The zero-order valence-corrected chi connectivity index (χ0v) is 18.2. The van der Waals surface area contributed by atoms with Gasteiger partial charge in [0.05, 0.1) is 12.6 Å². The SMILES string of the molecule is C[C@]12CC[C@@H](O)C[C@@H]1CC[C@@H]1[C@@H]2CC[C@]2(C)[C@@H](c3ccc4c(c3)CN=C4)CC[C@@H]12. The van der Waals surface area contributed by atoms with Crippen molar-refractivity contribution in [2.75, 3.05) is 0 Å². The van der Waals surface area contributed by atoms with Crippen molar-refractivity contribution in [3.63, 3.8) is 0 Å². The van der Waals surface area contributed by atoms with Crippen molar-refractivity contribution in [2.24, 2.45) is 39.5 Å². The molecule has 0 spiro atoms. The third-order valence-corrected chi connectivity index (χ3v) is 10.7. The number of fused-ring (bicyclic) bond motifs is 6. The summed E-state index contributed by atoms with van der Waals surface area (Å²) in [7, 11) is 0. The minimum atomic E-state index is -0.0295. The molecular weight excluding hydrogens is 354 g/mol. The van der Waals surface area contributed by atoms with Crippen molar-refractivity contribution in [2.45, 2.75) is 90.2 Å². The topological polar surface area (TPSA) is 32.6 Å². The Labute approximate surface area is 176 Å². The number of aliphatic imine (C=N–C) groups is 1. The highest BCUT2D eigenvalue weighted by molar-refractivity contribution is 5.84. The molecule has 1 heterocycles. The summed E-state index contributed by atoms with van der Waals surface area (Å²) in [6.07, 6.45) is 13.8. The molecule has 5 aliphatic rings. The largest absolute Gasteiger partial charge is 0.393 e. The highest BCUT2D eigenvalue weighted by atomic mass is 16.3. The van der Waals surface area contributed by atoms with Gasteiger partial charge in [-0.1, -0.05) is 32.0 Å². The number of aliphatic hydroxyl groups excluding tert-OH is 1. The molecule has 29 heavy (non-hydrogen) atoms. The molecule has 0 saturated heterocycles. The van der Waals surface area contributed by atoms with E-state index in [-0.39, 0.29) is 6.10 Å². The second kappa shape index (κ2) is 6.42. The Hall–Kier alpha value is -1.15. The van der Waals surface area contributed by atoms with E-state index in [1.165, 1.54) is 56.1 Å². The molecule has 4 fully saturated rings. The van der Waals surface area contributed by atoms with Crippen LogP contribution in [0.1, 0.15) is 94.2 Å². The fraction of sp³-hybridized carbons (Fsp3) is 0.741. The maximum absolute atomic E-state index is 10.3. The Balaban J connectivity index is 1.29. The van der Waals surface area contributed by atoms with Gasteiger partial charge in [0, 0.05) is 6.21 Å². The monoisotopic (exact) mass is 391 g/mol. The van der Waals surface area contributed by atoms with Crippen LogP contribution in [0, 0.1) is 34.5 Å². The van der Waals surface area contributed by atoms with Gasteiger partial charge < -0.3 is 5.11 Å². The molecule has 4 aliphatic carbocycles. The molecule has 0 aromatic heterocycles. The molecule has 0 bridgehead atoms. The molecule has 0 amide bonds. The van der Waals surface area contributed by atoms with Gasteiger partial charge in [0.2, 0.25) is 0 Å². The van der Waals surface area contributed by atoms with E-state index in [9.17, 15) is 5.11 Å². The Morgan fingerprint density at radius 3 is 2.66 bits per heavy atom. The molecule has 4 saturated carbocycles. The Morgan fingerprint density at radius 1 is 0.931 bits per heavy atom. The number of hydrogen-bond acceptors (Lipinski definition) is 2. The van der Waals surface area contributed by atoms with Crippen molar-refractivity contribution < 1.29 is 5.11 Å². The van der Waals surface area contributed by atoms with Gasteiger partial charge in [0.1, 0.15) is 0 Å². The smallest absolute Gasteiger partial charge is 0.0646 e. The summed E-state index contributed by atoms with van der Waals surface area (Å²) >= 11 is 0. The lowest BCUT2D eigenvalue weighted by Gasteiger charge is -2.61. The molecule has 0 radical (unpaired) electrons. The van der Waals surface area contributed by atoms with Crippen LogP contribution in [0.4, 0.5) is 0 Å². The van der Waals surface area contributed by atoms with Crippen LogP contribution in [-0.2, 0) is 6.54 Å². The maximum Gasteiger partial charge on any atom is 0.0646 e. The minimum absolute atomic E-state index is 0.0295. The van der Waals surface area contributed by atoms with Crippen molar-refractivity contribution in [3.05, 3.63) is 34.9 Å². The van der Waals surface area contributed by atoms with Crippen molar-refractivity contribution >= 4 is 6.21 Å². The normalized spacial score (nSPS) is 48.0. The number of rotatable bonds is 1. The molecule has 8 atom stereocenters. The molecule has 1 aliphatic heterocycles. The number of aliphatic hydroxyl groups is 1. The fourth-order valence-electron chi connectivity index (χ4n) is 9.13. The summed E-state index contributed by atoms with van der Waals surface area (Å²) in [6, 6.07) is 7.23. The van der Waals surface area contributed by atoms with Gasteiger partial charge in [-0.3, -0.25) is 4.99 Å². The maximum atomic E-state index is 10.3. The molecule has 156 valence electrons.